The summed E-state index contributed by atoms with van der Waals surface area (Å²) in [6.07, 6.45) is 17.5. The molecule has 0 saturated heterocycles. The molecule has 0 aliphatic carbocycles. The molecule has 4 heteroatoms. The summed E-state index contributed by atoms with van der Waals surface area (Å²) in [5.74, 6) is -0.644. The Morgan fingerprint density at radius 1 is 0.680 bits per heavy atom. The van der Waals surface area contributed by atoms with Crippen molar-refractivity contribution >= 4 is 11.9 Å². The minimum Gasteiger partial charge on any atom is -0.462 e. The predicted octanol–water partition coefficient (Wildman–Crippen LogP) is 5.96. The minimum atomic E-state index is -0.331. The largest absolute Gasteiger partial charge is 0.462 e. The van der Waals surface area contributed by atoms with Gasteiger partial charge in [-0.2, -0.15) is 0 Å². The van der Waals surface area contributed by atoms with Gasteiger partial charge in [-0.15, -0.1) is 0 Å². The van der Waals surface area contributed by atoms with E-state index in [1.807, 2.05) is 0 Å². The van der Waals surface area contributed by atoms with E-state index in [4.69, 9.17) is 9.47 Å². The number of hydrogen-bond donors (Lipinski definition) is 0. The van der Waals surface area contributed by atoms with Gasteiger partial charge in [-0.05, 0) is 12.8 Å². The van der Waals surface area contributed by atoms with Crippen molar-refractivity contribution in [3.63, 3.8) is 0 Å². The van der Waals surface area contributed by atoms with E-state index in [9.17, 15) is 9.59 Å². The van der Waals surface area contributed by atoms with Crippen LogP contribution in [-0.2, 0) is 19.1 Å². The standard InChI is InChI=1S/C21H40O4/c1-4-5-6-7-8-9-10-11-12-13-14-15-16-17-21(25-20(3)23)18-24-19(2)22/h21H,4-18H2,1-3H3. The molecule has 0 radical (unpaired) electrons. The van der Waals surface area contributed by atoms with Crippen LogP contribution in [0.25, 0.3) is 0 Å². The van der Waals surface area contributed by atoms with Crippen LogP contribution in [0.5, 0.6) is 0 Å². The van der Waals surface area contributed by atoms with Crippen molar-refractivity contribution in [1.82, 2.24) is 0 Å². The van der Waals surface area contributed by atoms with E-state index in [1.165, 1.54) is 84.5 Å². The van der Waals surface area contributed by atoms with Crippen molar-refractivity contribution in [2.75, 3.05) is 6.61 Å². The van der Waals surface area contributed by atoms with Crippen LogP contribution < -0.4 is 0 Å². The van der Waals surface area contributed by atoms with Crippen molar-refractivity contribution in [2.45, 2.75) is 117 Å². The second kappa shape index (κ2) is 17.8. The molecular formula is C21H40O4. The molecule has 1 unspecified atom stereocenters. The van der Waals surface area contributed by atoms with Gasteiger partial charge in [-0.25, -0.2) is 0 Å². The second-order valence-electron chi connectivity index (χ2n) is 7.07. The molecular weight excluding hydrogens is 316 g/mol. The SMILES string of the molecule is CCCCCCCCCCCCCCCC(COC(C)=O)OC(C)=O. The summed E-state index contributed by atoms with van der Waals surface area (Å²) < 4.78 is 10.1. The zero-order chi connectivity index (χ0) is 18.8. The molecule has 0 saturated carbocycles. The first-order valence-electron chi connectivity index (χ1n) is 10.4. The van der Waals surface area contributed by atoms with Crippen LogP contribution in [0, 0.1) is 0 Å². The lowest BCUT2D eigenvalue weighted by Crippen LogP contribution is -2.23. The quantitative estimate of drug-likeness (QED) is 0.238. The number of unbranched alkanes of at least 4 members (excludes halogenated alkanes) is 12. The topological polar surface area (TPSA) is 52.6 Å². The van der Waals surface area contributed by atoms with Gasteiger partial charge >= 0.3 is 11.9 Å². The van der Waals surface area contributed by atoms with E-state index in [1.54, 1.807) is 0 Å². The number of ether oxygens (including phenoxy) is 2. The third-order valence-corrected chi connectivity index (χ3v) is 4.43. The van der Waals surface area contributed by atoms with Gasteiger partial charge in [0.05, 0.1) is 0 Å². The molecule has 0 aromatic carbocycles. The van der Waals surface area contributed by atoms with E-state index in [2.05, 4.69) is 6.92 Å². The van der Waals surface area contributed by atoms with E-state index >= 15 is 0 Å². The zero-order valence-electron chi connectivity index (χ0n) is 16.8. The summed E-state index contributed by atoms with van der Waals surface area (Å²) >= 11 is 0. The molecule has 1 atom stereocenters. The monoisotopic (exact) mass is 356 g/mol. The highest BCUT2D eigenvalue weighted by molar-refractivity contribution is 5.67. The number of hydrogen-bond acceptors (Lipinski definition) is 4. The molecule has 0 aliphatic heterocycles. The first-order valence-corrected chi connectivity index (χ1v) is 10.4. The van der Waals surface area contributed by atoms with Crippen molar-refractivity contribution < 1.29 is 19.1 Å². The highest BCUT2D eigenvalue weighted by Gasteiger charge is 2.13. The average molecular weight is 357 g/mol. The lowest BCUT2D eigenvalue weighted by atomic mass is 10.0. The Hall–Kier alpha value is -1.06. The first kappa shape index (κ1) is 23.9. The van der Waals surface area contributed by atoms with E-state index in [0.29, 0.717) is 0 Å². The molecule has 0 aromatic heterocycles. The molecule has 4 nitrogen and oxygen atoms in total. The van der Waals surface area contributed by atoms with Crippen molar-refractivity contribution in [2.24, 2.45) is 0 Å². The molecule has 0 bridgehead atoms. The fourth-order valence-corrected chi connectivity index (χ4v) is 3.01. The minimum absolute atomic E-state index is 0.174. The summed E-state index contributed by atoms with van der Waals surface area (Å²) in [5.41, 5.74) is 0. The molecule has 148 valence electrons. The van der Waals surface area contributed by atoms with Crippen molar-refractivity contribution in [3.8, 4) is 0 Å². The lowest BCUT2D eigenvalue weighted by Gasteiger charge is -2.16. The second-order valence-corrected chi connectivity index (χ2v) is 7.07. The highest BCUT2D eigenvalue weighted by Crippen LogP contribution is 2.14. The summed E-state index contributed by atoms with van der Waals surface area (Å²) in [4.78, 5) is 21.9. The predicted molar refractivity (Wildman–Crippen MR) is 102 cm³/mol. The van der Waals surface area contributed by atoms with Crippen LogP contribution in [0.3, 0.4) is 0 Å². The Labute approximate surface area is 155 Å². The van der Waals surface area contributed by atoms with Gasteiger partial charge in [0.1, 0.15) is 12.7 Å². The maximum atomic E-state index is 11.1. The molecule has 0 N–H and O–H groups in total. The van der Waals surface area contributed by atoms with Crippen LogP contribution in [0.4, 0.5) is 0 Å². The van der Waals surface area contributed by atoms with Crippen LogP contribution in [0.15, 0.2) is 0 Å². The van der Waals surface area contributed by atoms with Crippen LogP contribution >= 0.6 is 0 Å². The summed E-state index contributed by atoms with van der Waals surface area (Å²) in [6, 6.07) is 0. The maximum absolute atomic E-state index is 11.1. The Bertz CT molecular complexity index is 328. The lowest BCUT2D eigenvalue weighted by molar-refractivity contribution is -0.156. The summed E-state index contributed by atoms with van der Waals surface area (Å²) in [6.45, 7) is 5.20. The van der Waals surface area contributed by atoms with Crippen LogP contribution in [0.1, 0.15) is 111 Å². The number of esters is 2. The molecule has 0 aromatic rings. The van der Waals surface area contributed by atoms with Gasteiger partial charge in [0.25, 0.3) is 0 Å². The van der Waals surface area contributed by atoms with Crippen LogP contribution in [-0.4, -0.2) is 24.6 Å². The normalized spacial score (nSPS) is 12.0. The fraction of sp³-hybridized carbons (Fsp3) is 0.905. The molecule has 0 spiro atoms. The third kappa shape index (κ3) is 19.1. The van der Waals surface area contributed by atoms with E-state index in [-0.39, 0.29) is 24.6 Å². The Morgan fingerprint density at radius 3 is 1.52 bits per heavy atom. The average Bonchev–Trinajstić information content (AvgIpc) is 2.56. The summed E-state index contributed by atoms with van der Waals surface area (Å²) in [5, 5.41) is 0. The number of carbonyl (C=O) groups is 2. The Balaban J connectivity index is 3.44. The Morgan fingerprint density at radius 2 is 1.12 bits per heavy atom. The maximum Gasteiger partial charge on any atom is 0.303 e. The molecule has 25 heavy (non-hydrogen) atoms. The third-order valence-electron chi connectivity index (χ3n) is 4.43. The first-order chi connectivity index (χ1) is 12.1. The van der Waals surface area contributed by atoms with E-state index < -0.39 is 0 Å². The smallest absolute Gasteiger partial charge is 0.303 e. The van der Waals surface area contributed by atoms with Gasteiger partial charge in [-0.3, -0.25) is 9.59 Å². The molecule has 0 rings (SSSR count). The highest BCUT2D eigenvalue weighted by atomic mass is 16.6. The molecule has 0 amide bonds. The fourth-order valence-electron chi connectivity index (χ4n) is 3.01. The van der Waals surface area contributed by atoms with Gasteiger partial charge < -0.3 is 9.47 Å². The van der Waals surface area contributed by atoms with Gasteiger partial charge in [-0.1, -0.05) is 84.0 Å². The van der Waals surface area contributed by atoms with Crippen molar-refractivity contribution in [3.05, 3.63) is 0 Å². The van der Waals surface area contributed by atoms with E-state index in [0.717, 1.165) is 19.3 Å². The molecule has 0 heterocycles. The molecule has 0 aliphatic rings. The molecule has 0 fully saturated rings. The van der Waals surface area contributed by atoms with Crippen molar-refractivity contribution in [1.29, 1.82) is 0 Å². The summed E-state index contributed by atoms with van der Waals surface area (Å²) in [7, 11) is 0. The van der Waals surface area contributed by atoms with Gasteiger partial charge in [0, 0.05) is 13.8 Å². The number of carbonyl (C=O) groups excluding carboxylic acids is 2. The van der Waals surface area contributed by atoms with Crippen LogP contribution in [0.2, 0.25) is 0 Å². The van der Waals surface area contributed by atoms with Gasteiger partial charge in [0.15, 0.2) is 0 Å². The zero-order valence-corrected chi connectivity index (χ0v) is 16.8. The van der Waals surface area contributed by atoms with Gasteiger partial charge in [0.2, 0.25) is 0 Å². The Kier molecular flexibility index (Phi) is 17.0. The number of rotatable bonds is 17.